The van der Waals surface area contributed by atoms with Gasteiger partial charge in [0.2, 0.25) is 0 Å². The lowest BCUT2D eigenvalue weighted by atomic mass is 10.2. The summed E-state index contributed by atoms with van der Waals surface area (Å²) in [5.41, 5.74) is 1.94. The fourth-order valence-corrected chi connectivity index (χ4v) is 1.51. The highest BCUT2D eigenvalue weighted by Gasteiger charge is 1.90. The Labute approximate surface area is 105 Å². The molecule has 0 fully saturated rings. The summed E-state index contributed by atoms with van der Waals surface area (Å²) in [7, 11) is 0. The molecule has 0 amide bonds. The Morgan fingerprint density at radius 1 is 0.938 bits per heavy atom. The van der Waals surface area contributed by atoms with Crippen LogP contribution in [0.3, 0.4) is 0 Å². The van der Waals surface area contributed by atoms with E-state index in [1.807, 2.05) is 54.7 Å². The average molecular weight is 248 g/mol. The third-order valence-electron chi connectivity index (χ3n) is 2.08. The summed E-state index contributed by atoms with van der Waals surface area (Å²) >= 11 is 10.0. The van der Waals surface area contributed by atoms with E-state index in [1.54, 1.807) is 0 Å². The number of rotatable bonds is 2. The largest absolute Gasteiger partial charge is 0.256 e. The molecule has 80 valence electrons. The highest BCUT2D eigenvalue weighted by Crippen LogP contribution is 2.15. The molecule has 0 radical (unpaired) electrons. The van der Waals surface area contributed by atoms with Crippen molar-refractivity contribution in [2.45, 2.75) is 4.90 Å². The van der Waals surface area contributed by atoms with Crippen molar-refractivity contribution in [3.63, 3.8) is 0 Å². The molecule has 16 heavy (non-hydrogen) atoms. The maximum atomic E-state index is 5.79. The minimum Gasteiger partial charge on any atom is -0.256 e. The molecule has 0 bridgehead atoms. The van der Waals surface area contributed by atoms with E-state index in [0.717, 1.165) is 21.2 Å². The summed E-state index contributed by atoms with van der Waals surface area (Å²) < 4.78 is 0. The van der Waals surface area contributed by atoms with Gasteiger partial charge in [0.1, 0.15) is 0 Å². The molecule has 2 rings (SSSR count). The second kappa shape index (κ2) is 5.19. The fourth-order valence-electron chi connectivity index (χ4n) is 1.24. The Hall–Kier alpha value is -1.25. The molecule has 0 saturated carbocycles. The lowest BCUT2D eigenvalue weighted by Gasteiger charge is -1.95. The van der Waals surface area contributed by atoms with Crippen LogP contribution in [0.1, 0.15) is 5.56 Å². The summed E-state index contributed by atoms with van der Waals surface area (Å²) in [5.74, 6) is 0. The first-order valence-corrected chi connectivity index (χ1v) is 5.65. The van der Waals surface area contributed by atoms with Crippen LogP contribution in [-0.4, -0.2) is 6.21 Å². The number of nitrogens with zero attached hydrogens (tertiary/aromatic N) is 1. The molecule has 0 N–H and O–H groups in total. The molecule has 0 aliphatic rings. The number of benzene rings is 2. The third kappa shape index (κ3) is 3.12. The molecule has 3 heteroatoms. The van der Waals surface area contributed by atoms with Crippen LogP contribution < -0.4 is 0 Å². The van der Waals surface area contributed by atoms with Gasteiger partial charge >= 0.3 is 0 Å². The van der Waals surface area contributed by atoms with Crippen LogP contribution in [0.4, 0.5) is 5.69 Å². The number of aliphatic imine (C=N–C) groups is 1. The molecule has 0 unspecified atom stereocenters. The molecule has 0 aliphatic carbocycles. The molecule has 0 aromatic heterocycles. The van der Waals surface area contributed by atoms with Gasteiger partial charge in [-0.3, -0.25) is 4.99 Å². The standard InChI is InChI=1S/C13H10ClNS/c14-11-3-1-10(2-4-11)9-15-12-5-7-13(16)8-6-12/h1-9,16H. The highest BCUT2D eigenvalue weighted by atomic mass is 35.5. The zero-order valence-corrected chi connectivity index (χ0v) is 10.1. The van der Waals surface area contributed by atoms with Gasteiger partial charge in [-0.15, -0.1) is 12.6 Å². The topological polar surface area (TPSA) is 12.4 Å². The Bertz CT molecular complexity index is 441. The van der Waals surface area contributed by atoms with Crippen LogP contribution >= 0.6 is 24.2 Å². The maximum absolute atomic E-state index is 5.79. The van der Waals surface area contributed by atoms with E-state index in [-0.39, 0.29) is 0 Å². The van der Waals surface area contributed by atoms with Crippen LogP contribution in [-0.2, 0) is 0 Å². The van der Waals surface area contributed by atoms with Crippen LogP contribution in [0.25, 0.3) is 0 Å². The van der Waals surface area contributed by atoms with Crippen molar-refractivity contribution in [1.82, 2.24) is 0 Å². The normalized spacial score (nSPS) is 10.9. The van der Waals surface area contributed by atoms with Crippen molar-refractivity contribution in [3.8, 4) is 0 Å². The number of hydrogen-bond donors (Lipinski definition) is 1. The van der Waals surface area contributed by atoms with Crippen LogP contribution in [0.5, 0.6) is 0 Å². The van der Waals surface area contributed by atoms with Crippen LogP contribution in [0.2, 0.25) is 5.02 Å². The fraction of sp³-hybridized carbons (Fsp3) is 0. The van der Waals surface area contributed by atoms with Gasteiger partial charge in [0.05, 0.1) is 5.69 Å². The van der Waals surface area contributed by atoms with Crippen molar-refractivity contribution in [2.24, 2.45) is 4.99 Å². The molecular formula is C13H10ClNS. The molecule has 0 spiro atoms. The minimum atomic E-state index is 0.733. The SMILES string of the molecule is Sc1ccc(N=Cc2ccc(Cl)cc2)cc1. The van der Waals surface area contributed by atoms with E-state index in [1.165, 1.54) is 0 Å². The van der Waals surface area contributed by atoms with Gasteiger partial charge in [0.15, 0.2) is 0 Å². The van der Waals surface area contributed by atoms with E-state index in [4.69, 9.17) is 11.6 Å². The minimum absolute atomic E-state index is 0.733. The zero-order chi connectivity index (χ0) is 11.4. The predicted octanol–water partition coefficient (Wildman–Crippen LogP) is 4.38. The molecule has 2 aromatic rings. The van der Waals surface area contributed by atoms with E-state index in [9.17, 15) is 0 Å². The van der Waals surface area contributed by atoms with Gasteiger partial charge in [0, 0.05) is 16.1 Å². The summed E-state index contributed by atoms with van der Waals surface area (Å²) in [6.07, 6.45) is 1.81. The number of hydrogen-bond acceptors (Lipinski definition) is 2. The maximum Gasteiger partial charge on any atom is 0.0630 e. The van der Waals surface area contributed by atoms with Gasteiger partial charge in [-0.05, 0) is 42.0 Å². The first-order chi connectivity index (χ1) is 7.74. The third-order valence-corrected chi connectivity index (χ3v) is 2.63. The quantitative estimate of drug-likeness (QED) is 0.597. The second-order valence-electron chi connectivity index (χ2n) is 3.33. The monoisotopic (exact) mass is 247 g/mol. The predicted molar refractivity (Wildman–Crippen MR) is 72.4 cm³/mol. The molecule has 0 atom stereocenters. The lowest BCUT2D eigenvalue weighted by molar-refractivity contribution is 1.43. The smallest absolute Gasteiger partial charge is 0.0630 e. The van der Waals surface area contributed by atoms with Crippen molar-refractivity contribution in [3.05, 3.63) is 59.1 Å². The highest BCUT2D eigenvalue weighted by molar-refractivity contribution is 7.80. The molecule has 0 heterocycles. The molecule has 0 saturated heterocycles. The second-order valence-corrected chi connectivity index (χ2v) is 4.28. The van der Waals surface area contributed by atoms with Gasteiger partial charge in [-0.1, -0.05) is 23.7 Å². The van der Waals surface area contributed by atoms with E-state index in [0.29, 0.717) is 0 Å². The zero-order valence-electron chi connectivity index (χ0n) is 8.47. The average Bonchev–Trinajstić information content (AvgIpc) is 2.30. The molecule has 1 nitrogen and oxygen atoms in total. The molecular weight excluding hydrogens is 238 g/mol. The lowest BCUT2D eigenvalue weighted by Crippen LogP contribution is -1.78. The molecule has 2 aromatic carbocycles. The Morgan fingerprint density at radius 2 is 1.56 bits per heavy atom. The summed E-state index contributed by atoms with van der Waals surface area (Å²) in [5, 5.41) is 0.733. The van der Waals surface area contributed by atoms with Crippen molar-refractivity contribution < 1.29 is 0 Å². The first-order valence-electron chi connectivity index (χ1n) is 4.83. The number of halogens is 1. The summed E-state index contributed by atoms with van der Waals surface area (Å²) in [6, 6.07) is 15.2. The van der Waals surface area contributed by atoms with Gasteiger partial charge in [-0.25, -0.2) is 0 Å². The van der Waals surface area contributed by atoms with Gasteiger partial charge in [-0.2, -0.15) is 0 Å². The summed E-state index contributed by atoms with van der Waals surface area (Å²) in [4.78, 5) is 5.28. The Morgan fingerprint density at radius 3 is 2.19 bits per heavy atom. The van der Waals surface area contributed by atoms with Crippen molar-refractivity contribution in [1.29, 1.82) is 0 Å². The Kier molecular flexibility index (Phi) is 3.65. The van der Waals surface area contributed by atoms with Crippen LogP contribution in [0, 0.1) is 0 Å². The van der Waals surface area contributed by atoms with E-state index >= 15 is 0 Å². The Balaban J connectivity index is 2.15. The van der Waals surface area contributed by atoms with Gasteiger partial charge in [0.25, 0.3) is 0 Å². The number of thiol groups is 1. The first kappa shape index (κ1) is 11.2. The van der Waals surface area contributed by atoms with Gasteiger partial charge < -0.3 is 0 Å². The summed E-state index contributed by atoms with van der Waals surface area (Å²) in [6.45, 7) is 0. The van der Waals surface area contributed by atoms with E-state index in [2.05, 4.69) is 17.6 Å². The molecule has 0 aliphatic heterocycles. The van der Waals surface area contributed by atoms with E-state index < -0.39 is 0 Å². The van der Waals surface area contributed by atoms with Crippen molar-refractivity contribution >= 4 is 36.1 Å². The van der Waals surface area contributed by atoms with Crippen molar-refractivity contribution in [2.75, 3.05) is 0 Å². The van der Waals surface area contributed by atoms with Crippen LogP contribution in [0.15, 0.2) is 58.4 Å².